The minimum atomic E-state index is -1.60. The van der Waals surface area contributed by atoms with Crippen LogP contribution in [0.4, 0.5) is 5.69 Å². The molecule has 4 aromatic carbocycles. The second kappa shape index (κ2) is 9.91. The average Bonchev–Trinajstić information content (AvgIpc) is 3.47. The number of esters is 1. The van der Waals surface area contributed by atoms with Crippen molar-refractivity contribution in [2.24, 2.45) is 5.41 Å². The average molecular weight is 570 g/mol. The van der Waals surface area contributed by atoms with Gasteiger partial charge in [0, 0.05) is 35.2 Å². The zero-order valence-electron chi connectivity index (χ0n) is 23.5. The van der Waals surface area contributed by atoms with E-state index in [1.165, 1.54) is 6.92 Å². The minimum Gasteiger partial charge on any atom is -0.497 e. The van der Waals surface area contributed by atoms with Crippen LogP contribution >= 0.6 is 0 Å². The van der Waals surface area contributed by atoms with Crippen molar-refractivity contribution in [1.82, 2.24) is 0 Å². The first kappa shape index (κ1) is 26.6. The van der Waals surface area contributed by atoms with E-state index in [4.69, 9.17) is 9.47 Å². The Bertz CT molecular complexity index is 1820. The third-order valence-corrected chi connectivity index (χ3v) is 8.83. The molecule has 2 aliphatic heterocycles. The van der Waals surface area contributed by atoms with E-state index in [2.05, 4.69) is 0 Å². The molecule has 212 valence electrons. The smallest absolute Gasteiger partial charge is 0.308 e. The number of ether oxygens (including phenoxy) is 2. The number of Topliss-reactive ketones (excluding diaryl/α,β-unsaturated/α-hetero) is 3. The van der Waals surface area contributed by atoms with Crippen molar-refractivity contribution >= 4 is 35.1 Å². The molecule has 0 bridgehead atoms. The number of rotatable bonds is 5. The third kappa shape index (κ3) is 3.81. The van der Waals surface area contributed by atoms with E-state index in [9.17, 15) is 19.2 Å². The Morgan fingerprint density at radius 1 is 0.791 bits per heavy atom. The molecule has 0 N–H and O–H groups in total. The lowest BCUT2D eigenvalue weighted by Crippen LogP contribution is -2.48. The van der Waals surface area contributed by atoms with Crippen LogP contribution < -0.4 is 14.4 Å². The standard InChI is InChI=1S/C36H27NO6/c1-21(38)43-25-17-14-23(15-18-25)33(39)32-31(24-9-7-10-26(20-24)42-2)36(34(40)27-11-4-5-12-28(27)35(36)41)30-19-16-22-8-3-6-13-29(22)37(30)32/h3-20,30-32H,1-2H3/t30-,31+,32-/m0/s1. The number of benzene rings is 4. The first-order valence-electron chi connectivity index (χ1n) is 14.1. The molecule has 4 aromatic rings. The topological polar surface area (TPSA) is 90.0 Å². The number of fused-ring (bicyclic) bond motifs is 5. The predicted molar refractivity (Wildman–Crippen MR) is 161 cm³/mol. The molecular formula is C36H27NO6. The number of para-hydroxylation sites is 1. The van der Waals surface area contributed by atoms with Crippen LogP contribution in [0.1, 0.15) is 55.0 Å². The molecule has 3 atom stereocenters. The zero-order valence-corrected chi connectivity index (χ0v) is 23.5. The highest BCUT2D eigenvalue weighted by molar-refractivity contribution is 6.32. The Labute approximate surface area is 248 Å². The van der Waals surface area contributed by atoms with Gasteiger partial charge in [-0.25, -0.2) is 0 Å². The molecule has 3 aliphatic rings. The highest BCUT2D eigenvalue weighted by Crippen LogP contribution is 2.61. The monoisotopic (exact) mass is 569 g/mol. The SMILES string of the molecule is COc1cccc([C@@H]2[C@@H](C(=O)c3ccc(OC(C)=O)cc3)N3c4ccccc4C=C[C@H]3C23C(=O)c2ccccc2C3=O)c1. The number of nitrogens with zero attached hydrogens (tertiary/aromatic N) is 1. The maximum Gasteiger partial charge on any atom is 0.308 e. The molecule has 0 radical (unpaired) electrons. The Morgan fingerprint density at radius 3 is 2.14 bits per heavy atom. The number of carbonyl (C=O) groups excluding carboxylic acids is 4. The molecule has 7 rings (SSSR count). The number of anilines is 1. The quantitative estimate of drug-likeness (QED) is 0.127. The summed E-state index contributed by atoms with van der Waals surface area (Å²) in [6.45, 7) is 1.31. The minimum absolute atomic E-state index is 0.259. The van der Waals surface area contributed by atoms with Gasteiger partial charge in [0.2, 0.25) is 0 Å². The molecular weight excluding hydrogens is 542 g/mol. The Kier molecular flexibility index (Phi) is 6.13. The summed E-state index contributed by atoms with van der Waals surface area (Å²) in [5, 5.41) is 0. The number of ketones is 3. The predicted octanol–water partition coefficient (Wildman–Crippen LogP) is 5.94. The van der Waals surface area contributed by atoms with Crippen molar-refractivity contribution in [2.75, 3.05) is 12.0 Å². The van der Waals surface area contributed by atoms with Gasteiger partial charge in [0.25, 0.3) is 0 Å². The summed E-state index contributed by atoms with van der Waals surface area (Å²) in [5.41, 5.74) is 1.82. The van der Waals surface area contributed by atoms with Crippen LogP contribution in [0.5, 0.6) is 11.5 Å². The third-order valence-electron chi connectivity index (χ3n) is 8.83. The van der Waals surface area contributed by atoms with Crippen LogP contribution in [0.2, 0.25) is 0 Å². The summed E-state index contributed by atoms with van der Waals surface area (Å²) in [5.74, 6) is -1.28. The normalized spacial score (nSPS) is 20.9. The van der Waals surface area contributed by atoms with Crippen LogP contribution in [-0.4, -0.2) is 42.5 Å². The lowest BCUT2D eigenvalue weighted by atomic mass is 9.64. The molecule has 0 saturated carbocycles. The Balaban J connectivity index is 1.49. The van der Waals surface area contributed by atoms with Crippen LogP contribution in [-0.2, 0) is 4.79 Å². The van der Waals surface area contributed by atoms with Gasteiger partial charge in [-0.3, -0.25) is 19.2 Å². The van der Waals surface area contributed by atoms with Gasteiger partial charge < -0.3 is 14.4 Å². The van der Waals surface area contributed by atoms with Crippen molar-refractivity contribution in [1.29, 1.82) is 0 Å². The van der Waals surface area contributed by atoms with E-state index in [0.717, 1.165) is 11.3 Å². The molecule has 1 saturated heterocycles. The summed E-state index contributed by atoms with van der Waals surface area (Å²) in [7, 11) is 1.56. The van der Waals surface area contributed by atoms with E-state index in [-0.39, 0.29) is 17.3 Å². The number of hydrogen-bond acceptors (Lipinski definition) is 7. The van der Waals surface area contributed by atoms with E-state index in [1.54, 1.807) is 61.7 Å². The fraction of sp³-hybridized carbons (Fsp3) is 0.167. The summed E-state index contributed by atoms with van der Waals surface area (Å²) in [6, 6.07) is 26.6. The van der Waals surface area contributed by atoms with Gasteiger partial charge in [0.1, 0.15) is 23.0 Å². The van der Waals surface area contributed by atoms with Crippen molar-refractivity contribution in [3.8, 4) is 11.5 Å². The molecule has 7 nitrogen and oxygen atoms in total. The van der Waals surface area contributed by atoms with E-state index >= 15 is 0 Å². The molecule has 43 heavy (non-hydrogen) atoms. The maximum atomic E-state index is 14.8. The summed E-state index contributed by atoms with van der Waals surface area (Å²) < 4.78 is 10.7. The number of carbonyl (C=O) groups is 4. The highest BCUT2D eigenvalue weighted by Gasteiger charge is 2.71. The van der Waals surface area contributed by atoms with Crippen LogP contribution in [0.3, 0.4) is 0 Å². The van der Waals surface area contributed by atoms with Crippen molar-refractivity contribution in [3.63, 3.8) is 0 Å². The molecule has 0 amide bonds. The van der Waals surface area contributed by atoms with Crippen molar-refractivity contribution in [3.05, 3.63) is 131 Å². The van der Waals surface area contributed by atoms with Gasteiger partial charge in [-0.1, -0.05) is 66.7 Å². The van der Waals surface area contributed by atoms with Gasteiger partial charge in [0.05, 0.1) is 13.2 Å². The first-order valence-corrected chi connectivity index (χ1v) is 14.1. The zero-order chi connectivity index (χ0) is 29.9. The molecule has 1 spiro atoms. The van der Waals surface area contributed by atoms with E-state index < -0.39 is 29.4 Å². The second-order valence-electron chi connectivity index (χ2n) is 11.0. The van der Waals surface area contributed by atoms with Gasteiger partial charge in [-0.15, -0.1) is 0 Å². The lowest BCUT2D eigenvalue weighted by Gasteiger charge is -2.37. The maximum absolute atomic E-state index is 14.8. The second-order valence-corrected chi connectivity index (χ2v) is 11.0. The van der Waals surface area contributed by atoms with Crippen LogP contribution in [0.15, 0.2) is 103 Å². The highest BCUT2D eigenvalue weighted by atomic mass is 16.5. The molecule has 7 heteroatoms. The number of hydrogen-bond donors (Lipinski definition) is 0. The van der Waals surface area contributed by atoms with Crippen LogP contribution in [0.25, 0.3) is 6.08 Å². The van der Waals surface area contributed by atoms with Crippen LogP contribution in [0, 0.1) is 5.41 Å². The van der Waals surface area contributed by atoms with Crippen molar-refractivity contribution < 1.29 is 28.7 Å². The first-order chi connectivity index (χ1) is 20.9. The van der Waals surface area contributed by atoms with Gasteiger partial charge in [0.15, 0.2) is 17.3 Å². The number of methoxy groups -OCH3 is 1. The molecule has 2 heterocycles. The molecule has 1 fully saturated rings. The van der Waals surface area contributed by atoms with Gasteiger partial charge in [-0.2, -0.15) is 0 Å². The fourth-order valence-electron chi connectivity index (χ4n) is 7.15. The van der Waals surface area contributed by atoms with Gasteiger partial charge >= 0.3 is 5.97 Å². The van der Waals surface area contributed by atoms with E-state index in [0.29, 0.717) is 33.8 Å². The molecule has 1 aliphatic carbocycles. The fourth-order valence-corrected chi connectivity index (χ4v) is 7.15. The molecule has 0 aromatic heterocycles. The molecule has 0 unspecified atom stereocenters. The summed E-state index contributed by atoms with van der Waals surface area (Å²) >= 11 is 0. The van der Waals surface area contributed by atoms with Crippen molar-refractivity contribution in [2.45, 2.75) is 24.9 Å². The van der Waals surface area contributed by atoms with E-state index in [1.807, 2.05) is 59.5 Å². The van der Waals surface area contributed by atoms with Gasteiger partial charge in [-0.05, 0) is 53.6 Å². The lowest BCUT2D eigenvalue weighted by molar-refractivity contribution is -0.131. The summed E-state index contributed by atoms with van der Waals surface area (Å²) in [4.78, 5) is 57.7. The Hall–Kier alpha value is -5.30. The largest absolute Gasteiger partial charge is 0.497 e. The summed E-state index contributed by atoms with van der Waals surface area (Å²) in [6.07, 6.45) is 3.83. The Morgan fingerprint density at radius 2 is 1.47 bits per heavy atom.